The SMILES string of the molecule is COc1ccc(OC)c(C(O)CNC(=O)CNB(C)O)c1. The number of carbonyl (C=O) groups excluding carboxylic acids is 1. The number of methoxy groups -OCH3 is 2. The van der Waals surface area contributed by atoms with Gasteiger partial charge in [0.25, 0.3) is 0 Å². The summed E-state index contributed by atoms with van der Waals surface area (Å²) in [4.78, 5) is 11.5. The quantitative estimate of drug-likeness (QED) is 0.485. The fourth-order valence-corrected chi connectivity index (χ4v) is 1.72. The van der Waals surface area contributed by atoms with Gasteiger partial charge in [-0.2, -0.15) is 0 Å². The summed E-state index contributed by atoms with van der Waals surface area (Å²) in [6.45, 7) is 1.52. The smallest absolute Gasteiger partial charge is 0.374 e. The van der Waals surface area contributed by atoms with E-state index in [0.29, 0.717) is 17.1 Å². The van der Waals surface area contributed by atoms with Crippen LogP contribution in [0.4, 0.5) is 0 Å². The van der Waals surface area contributed by atoms with Crippen LogP contribution in [0.25, 0.3) is 0 Å². The van der Waals surface area contributed by atoms with Crippen molar-refractivity contribution >= 4 is 13.0 Å². The van der Waals surface area contributed by atoms with Crippen molar-refractivity contribution in [3.8, 4) is 11.5 Å². The van der Waals surface area contributed by atoms with E-state index in [0.717, 1.165) is 0 Å². The molecule has 0 radical (unpaired) electrons. The van der Waals surface area contributed by atoms with E-state index in [-0.39, 0.29) is 19.0 Å². The minimum atomic E-state index is -0.925. The molecule has 0 bridgehead atoms. The van der Waals surface area contributed by atoms with Crippen molar-refractivity contribution < 1.29 is 24.4 Å². The molecule has 0 saturated heterocycles. The highest BCUT2D eigenvalue weighted by Gasteiger charge is 2.16. The second-order valence-corrected chi connectivity index (χ2v) is 4.48. The Morgan fingerprint density at radius 3 is 2.67 bits per heavy atom. The van der Waals surface area contributed by atoms with Gasteiger partial charge < -0.3 is 30.1 Å². The molecule has 1 unspecified atom stereocenters. The van der Waals surface area contributed by atoms with Gasteiger partial charge in [-0.05, 0) is 25.0 Å². The lowest BCUT2D eigenvalue weighted by atomic mass is 9.89. The topological polar surface area (TPSA) is 100 Å². The van der Waals surface area contributed by atoms with Crippen LogP contribution in [0.15, 0.2) is 18.2 Å². The Hall–Kier alpha value is -1.77. The first-order chi connectivity index (χ1) is 9.97. The standard InChI is InChI=1S/C13H21BN2O5/c1-14(19)16-8-13(18)15-7-11(17)10-6-9(20-2)4-5-12(10)21-3/h4-6,11,16-17,19H,7-8H2,1-3H3,(H,15,18). The molecule has 21 heavy (non-hydrogen) atoms. The number of ether oxygens (including phenoxy) is 2. The molecular formula is C13H21BN2O5. The van der Waals surface area contributed by atoms with Crippen molar-refractivity contribution in [2.24, 2.45) is 0 Å². The third-order valence-electron chi connectivity index (χ3n) is 2.85. The molecule has 4 N–H and O–H groups in total. The zero-order chi connectivity index (χ0) is 15.8. The Labute approximate surface area is 124 Å². The Bertz CT molecular complexity index is 470. The van der Waals surface area contributed by atoms with Gasteiger partial charge in [-0.3, -0.25) is 4.79 Å². The monoisotopic (exact) mass is 296 g/mol. The Morgan fingerprint density at radius 2 is 2.10 bits per heavy atom. The Kier molecular flexibility index (Phi) is 7.00. The van der Waals surface area contributed by atoms with E-state index in [4.69, 9.17) is 14.5 Å². The van der Waals surface area contributed by atoms with Gasteiger partial charge >= 0.3 is 7.05 Å². The van der Waals surface area contributed by atoms with E-state index >= 15 is 0 Å². The second-order valence-electron chi connectivity index (χ2n) is 4.48. The van der Waals surface area contributed by atoms with Gasteiger partial charge in [0, 0.05) is 12.1 Å². The van der Waals surface area contributed by atoms with Crippen LogP contribution in [0.5, 0.6) is 11.5 Å². The van der Waals surface area contributed by atoms with E-state index in [2.05, 4.69) is 10.5 Å². The number of aliphatic hydroxyl groups excluding tert-OH is 1. The lowest BCUT2D eigenvalue weighted by Gasteiger charge is -2.16. The van der Waals surface area contributed by atoms with Gasteiger partial charge in [-0.15, -0.1) is 0 Å². The van der Waals surface area contributed by atoms with Crippen LogP contribution in [0.1, 0.15) is 11.7 Å². The number of aliphatic hydroxyl groups is 1. The van der Waals surface area contributed by atoms with Crippen LogP contribution in [0, 0.1) is 0 Å². The number of nitrogens with one attached hydrogen (secondary N) is 2. The largest absolute Gasteiger partial charge is 0.497 e. The molecule has 0 fully saturated rings. The van der Waals surface area contributed by atoms with Gasteiger partial charge in [-0.25, -0.2) is 0 Å². The number of amides is 1. The molecule has 1 amide bonds. The lowest BCUT2D eigenvalue weighted by Crippen LogP contribution is -2.41. The summed E-state index contributed by atoms with van der Waals surface area (Å²) < 4.78 is 10.3. The summed E-state index contributed by atoms with van der Waals surface area (Å²) in [5, 5.41) is 24.3. The van der Waals surface area contributed by atoms with Gasteiger partial charge in [-0.1, -0.05) is 0 Å². The second kappa shape index (κ2) is 8.51. The fraction of sp³-hybridized carbons (Fsp3) is 0.462. The molecule has 7 nitrogen and oxygen atoms in total. The predicted octanol–water partition coefficient (Wildman–Crippen LogP) is -0.447. The molecule has 0 spiro atoms. The van der Waals surface area contributed by atoms with E-state index in [9.17, 15) is 9.90 Å². The summed E-state index contributed by atoms with van der Waals surface area (Å²) in [6, 6.07) is 5.07. The van der Waals surface area contributed by atoms with E-state index < -0.39 is 13.2 Å². The van der Waals surface area contributed by atoms with Gasteiger partial charge in [0.2, 0.25) is 5.91 Å². The highest BCUT2D eigenvalue weighted by Crippen LogP contribution is 2.28. The van der Waals surface area contributed by atoms with Crippen LogP contribution in [-0.2, 0) is 4.79 Å². The first-order valence-electron chi connectivity index (χ1n) is 6.56. The molecule has 116 valence electrons. The number of hydrogen-bond donors (Lipinski definition) is 4. The predicted molar refractivity (Wildman–Crippen MR) is 79.4 cm³/mol. The maximum Gasteiger partial charge on any atom is 0.374 e. The van der Waals surface area contributed by atoms with Crippen molar-refractivity contribution in [2.75, 3.05) is 27.3 Å². The molecule has 0 aliphatic carbocycles. The molecule has 0 heterocycles. The molecule has 1 rings (SSSR count). The first kappa shape index (κ1) is 17.3. The fourth-order valence-electron chi connectivity index (χ4n) is 1.72. The van der Waals surface area contributed by atoms with E-state index in [1.807, 2.05) is 0 Å². The molecule has 0 aliphatic rings. The van der Waals surface area contributed by atoms with Crippen molar-refractivity contribution in [3.05, 3.63) is 23.8 Å². The average molecular weight is 296 g/mol. The summed E-state index contributed by atoms with van der Waals surface area (Å²) in [5.41, 5.74) is 0.528. The average Bonchev–Trinajstić information content (AvgIpc) is 2.49. The Balaban J connectivity index is 2.62. The molecule has 1 aromatic carbocycles. The van der Waals surface area contributed by atoms with Crippen molar-refractivity contribution in [2.45, 2.75) is 12.9 Å². The molecule has 0 saturated carbocycles. The minimum absolute atomic E-state index is 0.0281. The zero-order valence-corrected chi connectivity index (χ0v) is 12.4. The number of carbonyl (C=O) groups is 1. The maximum absolute atomic E-state index is 11.5. The van der Waals surface area contributed by atoms with Crippen molar-refractivity contribution in [3.63, 3.8) is 0 Å². The van der Waals surface area contributed by atoms with Crippen molar-refractivity contribution in [1.29, 1.82) is 0 Å². The van der Waals surface area contributed by atoms with Crippen LogP contribution in [0.3, 0.4) is 0 Å². The van der Waals surface area contributed by atoms with Crippen LogP contribution in [0.2, 0.25) is 6.82 Å². The summed E-state index contributed by atoms with van der Waals surface area (Å²) in [6.07, 6.45) is -0.925. The normalized spacial score (nSPS) is 11.7. The molecular weight excluding hydrogens is 275 g/mol. The van der Waals surface area contributed by atoms with E-state index in [1.165, 1.54) is 21.0 Å². The molecule has 8 heteroatoms. The van der Waals surface area contributed by atoms with Gasteiger partial charge in [0.05, 0.1) is 26.9 Å². The number of rotatable bonds is 8. The first-order valence-corrected chi connectivity index (χ1v) is 6.56. The summed E-state index contributed by atoms with van der Waals surface area (Å²) in [5.74, 6) is 0.781. The number of hydrogen-bond acceptors (Lipinski definition) is 6. The summed E-state index contributed by atoms with van der Waals surface area (Å²) in [7, 11) is 2.27. The Morgan fingerprint density at radius 1 is 1.38 bits per heavy atom. The van der Waals surface area contributed by atoms with Crippen LogP contribution in [-0.4, -0.2) is 50.4 Å². The number of benzene rings is 1. The zero-order valence-electron chi connectivity index (χ0n) is 12.4. The molecule has 1 atom stereocenters. The van der Waals surface area contributed by atoms with Crippen LogP contribution < -0.4 is 20.0 Å². The minimum Gasteiger partial charge on any atom is -0.497 e. The highest BCUT2D eigenvalue weighted by atomic mass is 16.5. The lowest BCUT2D eigenvalue weighted by molar-refractivity contribution is -0.120. The molecule has 0 aromatic heterocycles. The highest BCUT2D eigenvalue weighted by molar-refractivity contribution is 6.45. The third kappa shape index (κ3) is 5.62. The van der Waals surface area contributed by atoms with Gasteiger partial charge in [0.15, 0.2) is 0 Å². The van der Waals surface area contributed by atoms with Crippen LogP contribution >= 0.6 is 0 Å². The molecule has 1 aromatic rings. The summed E-state index contributed by atoms with van der Waals surface area (Å²) >= 11 is 0. The van der Waals surface area contributed by atoms with Crippen molar-refractivity contribution in [1.82, 2.24) is 10.5 Å². The maximum atomic E-state index is 11.5. The molecule has 0 aliphatic heterocycles. The van der Waals surface area contributed by atoms with E-state index in [1.54, 1.807) is 18.2 Å². The van der Waals surface area contributed by atoms with Gasteiger partial charge in [0.1, 0.15) is 11.5 Å². The third-order valence-corrected chi connectivity index (χ3v) is 2.85.